The number of aliphatic hydroxyl groups is 1. The molecule has 0 aromatic rings. The van der Waals surface area contributed by atoms with Crippen LogP contribution in [0, 0.1) is 5.92 Å². The van der Waals surface area contributed by atoms with Crippen molar-refractivity contribution in [3.05, 3.63) is 0 Å². The molecule has 2 fully saturated rings. The first-order valence-corrected chi connectivity index (χ1v) is 7.84. The van der Waals surface area contributed by atoms with Crippen molar-refractivity contribution < 1.29 is 9.84 Å². The predicted octanol–water partition coefficient (Wildman–Crippen LogP) is 1.19. The Hall–Kier alpha value is -0.160. The molecule has 0 spiro atoms. The second kappa shape index (κ2) is 7.58. The molecule has 1 aliphatic heterocycles. The molecule has 19 heavy (non-hydrogen) atoms. The SMILES string of the molecule is CC1CCC(OCC(O)CN2CCN(C)CC2)CC1. The maximum absolute atomic E-state index is 10.1. The number of likely N-dealkylation sites (N-methyl/N-ethyl adjacent to an activating group) is 1. The lowest BCUT2D eigenvalue weighted by molar-refractivity contribution is -0.0402. The molecule has 0 amide bonds. The van der Waals surface area contributed by atoms with Crippen LogP contribution in [0.4, 0.5) is 0 Å². The summed E-state index contributed by atoms with van der Waals surface area (Å²) < 4.78 is 5.87. The highest BCUT2D eigenvalue weighted by molar-refractivity contribution is 4.74. The van der Waals surface area contributed by atoms with Crippen LogP contribution in [0.3, 0.4) is 0 Å². The molecular weight excluding hydrogens is 240 g/mol. The van der Waals surface area contributed by atoms with E-state index in [1.54, 1.807) is 0 Å². The number of aliphatic hydroxyl groups excluding tert-OH is 1. The summed E-state index contributed by atoms with van der Waals surface area (Å²) in [5, 5.41) is 10.1. The second-order valence-electron chi connectivity index (χ2n) is 6.47. The van der Waals surface area contributed by atoms with Crippen molar-refractivity contribution >= 4 is 0 Å². The fourth-order valence-corrected chi connectivity index (χ4v) is 3.02. The number of hydrogen-bond donors (Lipinski definition) is 1. The van der Waals surface area contributed by atoms with Crippen molar-refractivity contribution in [2.45, 2.75) is 44.8 Å². The lowest BCUT2D eigenvalue weighted by Crippen LogP contribution is -2.47. The van der Waals surface area contributed by atoms with Gasteiger partial charge in [0, 0.05) is 32.7 Å². The van der Waals surface area contributed by atoms with Crippen molar-refractivity contribution in [2.75, 3.05) is 46.4 Å². The van der Waals surface area contributed by atoms with E-state index < -0.39 is 0 Å². The van der Waals surface area contributed by atoms with Gasteiger partial charge in [-0.05, 0) is 38.6 Å². The van der Waals surface area contributed by atoms with E-state index in [9.17, 15) is 5.11 Å². The second-order valence-corrected chi connectivity index (χ2v) is 6.47. The number of β-amino-alcohol motifs (C(OH)–C–C–N with tert-alkyl or cyclic N) is 1. The summed E-state index contributed by atoms with van der Waals surface area (Å²) in [6, 6.07) is 0. The van der Waals surface area contributed by atoms with Crippen molar-refractivity contribution in [2.24, 2.45) is 5.92 Å². The lowest BCUT2D eigenvalue weighted by atomic mass is 9.89. The molecule has 0 aromatic carbocycles. The molecule has 0 bridgehead atoms. The van der Waals surface area contributed by atoms with Gasteiger partial charge >= 0.3 is 0 Å². The van der Waals surface area contributed by atoms with Crippen molar-refractivity contribution in [3.8, 4) is 0 Å². The smallest absolute Gasteiger partial charge is 0.0900 e. The van der Waals surface area contributed by atoms with Crippen LogP contribution in [0.5, 0.6) is 0 Å². The van der Waals surface area contributed by atoms with Gasteiger partial charge in [-0.1, -0.05) is 6.92 Å². The van der Waals surface area contributed by atoms with Gasteiger partial charge in [-0.2, -0.15) is 0 Å². The number of hydrogen-bond acceptors (Lipinski definition) is 4. The number of nitrogens with zero attached hydrogens (tertiary/aromatic N) is 2. The molecule has 112 valence electrons. The molecule has 1 atom stereocenters. The molecule has 1 saturated carbocycles. The van der Waals surface area contributed by atoms with Gasteiger partial charge in [-0.15, -0.1) is 0 Å². The summed E-state index contributed by atoms with van der Waals surface area (Å²) in [7, 11) is 2.15. The number of ether oxygens (including phenoxy) is 1. The van der Waals surface area contributed by atoms with Crippen LogP contribution >= 0.6 is 0 Å². The largest absolute Gasteiger partial charge is 0.389 e. The zero-order chi connectivity index (χ0) is 13.7. The Kier molecular flexibility index (Phi) is 6.07. The van der Waals surface area contributed by atoms with E-state index in [1.165, 1.54) is 25.7 Å². The molecule has 1 saturated heterocycles. The van der Waals surface area contributed by atoms with E-state index in [1.807, 2.05) is 0 Å². The first kappa shape index (κ1) is 15.2. The third-order valence-electron chi connectivity index (χ3n) is 4.55. The minimum atomic E-state index is -0.331. The Balaban J connectivity index is 1.58. The minimum Gasteiger partial charge on any atom is -0.389 e. The van der Waals surface area contributed by atoms with E-state index in [0.29, 0.717) is 12.7 Å². The van der Waals surface area contributed by atoms with Crippen LogP contribution in [0.15, 0.2) is 0 Å². The van der Waals surface area contributed by atoms with Crippen LogP contribution in [0.25, 0.3) is 0 Å². The van der Waals surface area contributed by atoms with Gasteiger partial charge in [0.2, 0.25) is 0 Å². The van der Waals surface area contributed by atoms with Crippen LogP contribution in [0.1, 0.15) is 32.6 Å². The Labute approximate surface area is 117 Å². The summed E-state index contributed by atoms with van der Waals surface area (Å²) in [6.45, 7) is 7.92. The highest BCUT2D eigenvalue weighted by Gasteiger charge is 2.21. The zero-order valence-electron chi connectivity index (χ0n) is 12.6. The lowest BCUT2D eigenvalue weighted by Gasteiger charge is -2.34. The summed E-state index contributed by atoms with van der Waals surface area (Å²) in [4.78, 5) is 4.68. The summed E-state index contributed by atoms with van der Waals surface area (Å²) in [5.74, 6) is 0.857. The van der Waals surface area contributed by atoms with Crippen molar-refractivity contribution in [3.63, 3.8) is 0 Å². The van der Waals surface area contributed by atoms with Gasteiger partial charge in [0.15, 0.2) is 0 Å². The molecule has 0 radical (unpaired) electrons. The normalized spacial score (nSPS) is 32.4. The van der Waals surface area contributed by atoms with Gasteiger partial charge < -0.3 is 14.7 Å². The molecule has 4 nitrogen and oxygen atoms in total. The van der Waals surface area contributed by atoms with Gasteiger partial charge in [0.05, 0.1) is 18.8 Å². The zero-order valence-corrected chi connectivity index (χ0v) is 12.6. The summed E-state index contributed by atoms with van der Waals surface area (Å²) in [6.07, 6.45) is 4.95. The Morgan fingerprint density at radius 2 is 1.74 bits per heavy atom. The van der Waals surface area contributed by atoms with Gasteiger partial charge in [-0.3, -0.25) is 4.90 Å². The van der Waals surface area contributed by atoms with E-state index in [4.69, 9.17) is 4.74 Å². The Morgan fingerprint density at radius 3 is 2.37 bits per heavy atom. The van der Waals surface area contributed by atoms with Crippen LogP contribution in [-0.4, -0.2) is 73.5 Å². The van der Waals surface area contributed by atoms with Gasteiger partial charge in [0.25, 0.3) is 0 Å². The Morgan fingerprint density at radius 1 is 1.11 bits per heavy atom. The fourth-order valence-electron chi connectivity index (χ4n) is 3.02. The minimum absolute atomic E-state index is 0.331. The van der Waals surface area contributed by atoms with Crippen LogP contribution < -0.4 is 0 Å². The van der Waals surface area contributed by atoms with Crippen LogP contribution in [0.2, 0.25) is 0 Å². The first-order valence-electron chi connectivity index (χ1n) is 7.84. The fraction of sp³-hybridized carbons (Fsp3) is 1.00. The highest BCUT2D eigenvalue weighted by Crippen LogP contribution is 2.25. The maximum Gasteiger partial charge on any atom is 0.0900 e. The maximum atomic E-state index is 10.1. The average molecular weight is 270 g/mol. The van der Waals surface area contributed by atoms with E-state index in [0.717, 1.165) is 38.6 Å². The summed E-state index contributed by atoms with van der Waals surface area (Å²) in [5.41, 5.74) is 0. The first-order chi connectivity index (χ1) is 9.13. The van der Waals surface area contributed by atoms with Crippen molar-refractivity contribution in [1.82, 2.24) is 9.80 Å². The van der Waals surface area contributed by atoms with E-state index in [-0.39, 0.29) is 6.10 Å². The van der Waals surface area contributed by atoms with Crippen LogP contribution in [-0.2, 0) is 4.74 Å². The molecule has 2 aliphatic rings. The topological polar surface area (TPSA) is 35.9 Å². The standard InChI is InChI=1S/C15H30N2O2/c1-13-3-5-15(6-4-13)19-12-14(18)11-17-9-7-16(2)8-10-17/h13-15,18H,3-12H2,1-2H3. The quantitative estimate of drug-likeness (QED) is 0.814. The third-order valence-corrected chi connectivity index (χ3v) is 4.55. The predicted molar refractivity (Wildman–Crippen MR) is 77.3 cm³/mol. The number of rotatable bonds is 5. The molecular formula is C15H30N2O2. The molecule has 1 unspecified atom stereocenters. The monoisotopic (exact) mass is 270 g/mol. The number of piperazine rings is 1. The van der Waals surface area contributed by atoms with E-state index in [2.05, 4.69) is 23.8 Å². The van der Waals surface area contributed by atoms with Gasteiger partial charge in [0.1, 0.15) is 0 Å². The Bertz CT molecular complexity index is 247. The van der Waals surface area contributed by atoms with Crippen molar-refractivity contribution in [1.29, 1.82) is 0 Å². The summed E-state index contributed by atoms with van der Waals surface area (Å²) >= 11 is 0. The van der Waals surface area contributed by atoms with E-state index >= 15 is 0 Å². The third kappa shape index (κ3) is 5.38. The molecule has 0 aromatic heterocycles. The van der Waals surface area contributed by atoms with Gasteiger partial charge in [-0.25, -0.2) is 0 Å². The molecule has 1 N–H and O–H groups in total. The highest BCUT2D eigenvalue weighted by atomic mass is 16.5. The average Bonchev–Trinajstić information content (AvgIpc) is 2.41. The molecule has 2 rings (SSSR count). The molecule has 1 aliphatic carbocycles. The molecule has 4 heteroatoms. The molecule has 1 heterocycles.